The fourth-order valence-corrected chi connectivity index (χ4v) is 5.55. The SMILES string of the molecule is CCCCS(=O)(=O)N1CCCC[C@@H]1C(=O)N1CCN(CCN(C)C)CC1. The number of likely N-dealkylation sites (N-methyl/N-ethyl adjacent to an activating group) is 1. The zero-order valence-corrected chi connectivity index (χ0v) is 17.5. The van der Waals surface area contributed by atoms with Gasteiger partial charge >= 0.3 is 0 Å². The molecule has 0 radical (unpaired) electrons. The van der Waals surface area contributed by atoms with Gasteiger partial charge in [0.05, 0.1) is 5.75 Å². The van der Waals surface area contributed by atoms with Crippen molar-refractivity contribution in [1.29, 1.82) is 0 Å². The Hall–Kier alpha value is -0.700. The number of hydrogen-bond acceptors (Lipinski definition) is 5. The van der Waals surface area contributed by atoms with Crippen molar-refractivity contribution in [1.82, 2.24) is 19.0 Å². The first-order chi connectivity index (χ1) is 12.3. The maximum absolute atomic E-state index is 13.0. The summed E-state index contributed by atoms with van der Waals surface area (Å²) < 4.78 is 26.9. The summed E-state index contributed by atoms with van der Waals surface area (Å²) in [5.41, 5.74) is 0. The minimum atomic E-state index is -3.34. The van der Waals surface area contributed by atoms with Crippen LogP contribution < -0.4 is 0 Å². The molecule has 26 heavy (non-hydrogen) atoms. The molecule has 2 aliphatic heterocycles. The first kappa shape index (κ1) is 21.6. The Morgan fingerprint density at radius 1 is 1.08 bits per heavy atom. The van der Waals surface area contributed by atoms with Gasteiger partial charge in [-0.2, -0.15) is 4.31 Å². The summed E-state index contributed by atoms with van der Waals surface area (Å²) in [6.07, 6.45) is 3.95. The molecule has 0 unspecified atom stereocenters. The van der Waals surface area contributed by atoms with Gasteiger partial charge in [0.15, 0.2) is 0 Å². The lowest BCUT2D eigenvalue weighted by Crippen LogP contribution is -2.57. The van der Waals surface area contributed by atoms with E-state index in [0.29, 0.717) is 32.5 Å². The number of piperazine rings is 1. The van der Waals surface area contributed by atoms with Gasteiger partial charge in [0, 0.05) is 45.8 Å². The first-order valence-electron chi connectivity index (χ1n) is 10.0. The minimum Gasteiger partial charge on any atom is -0.339 e. The highest BCUT2D eigenvalue weighted by Gasteiger charge is 2.38. The molecule has 1 atom stereocenters. The van der Waals surface area contributed by atoms with E-state index < -0.39 is 16.1 Å². The molecule has 2 aliphatic rings. The van der Waals surface area contributed by atoms with Gasteiger partial charge in [0.2, 0.25) is 15.9 Å². The molecule has 1 amide bonds. The van der Waals surface area contributed by atoms with Gasteiger partial charge in [-0.3, -0.25) is 9.69 Å². The molecule has 0 bridgehead atoms. The number of carbonyl (C=O) groups excluding carboxylic acids is 1. The Labute approximate surface area is 159 Å². The molecule has 0 aliphatic carbocycles. The van der Waals surface area contributed by atoms with Crippen LogP contribution in [0.4, 0.5) is 0 Å². The van der Waals surface area contributed by atoms with E-state index in [4.69, 9.17) is 0 Å². The molecule has 7 nitrogen and oxygen atoms in total. The fourth-order valence-electron chi connectivity index (χ4n) is 3.67. The standard InChI is InChI=1S/C18H36N4O3S/c1-4-5-16-26(24,25)22-9-7-6-8-17(22)18(23)21-14-12-20(13-15-21)11-10-19(2)3/h17H,4-16H2,1-3H3/t17-/m1/s1. The molecule has 0 saturated carbocycles. The Morgan fingerprint density at radius 2 is 1.77 bits per heavy atom. The van der Waals surface area contributed by atoms with Crippen molar-refractivity contribution in [3.63, 3.8) is 0 Å². The number of hydrogen-bond donors (Lipinski definition) is 0. The summed E-state index contributed by atoms with van der Waals surface area (Å²) in [5, 5.41) is 0. The number of unbranched alkanes of at least 4 members (excludes halogenated alkanes) is 1. The third kappa shape index (κ3) is 5.90. The smallest absolute Gasteiger partial charge is 0.241 e. The Morgan fingerprint density at radius 3 is 2.38 bits per heavy atom. The summed E-state index contributed by atoms with van der Waals surface area (Å²) in [6.45, 7) is 7.65. The van der Waals surface area contributed by atoms with Crippen molar-refractivity contribution < 1.29 is 13.2 Å². The molecule has 152 valence electrons. The Kier molecular flexibility index (Phi) is 8.32. The minimum absolute atomic E-state index is 0.0111. The topological polar surface area (TPSA) is 64.2 Å². The van der Waals surface area contributed by atoms with Crippen LogP contribution in [-0.4, -0.2) is 105 Å². The monoisotopic (exact) mass is 388 g/mol. The van der Waals surface area contributed by atoms with E-state index in [1.165, 1.54) is 4.31 Å². The van der Waals surface area contributed by atoms with Crippen molar-refractivity contribution in [3.8, 4) is 0 Å². The third-order valence-corrected chi connectivity index (χ3v) is 7.36. The number of carbonyl (C=O) groups is 1. The summed E-state index contributed by atoms with van der Waals surface area (Å²) in [4.78, 5) is 19.5. The first-order valence-corrected chi connectivity index (χ1v) is 11.6. The summed E-state index contributed by atoms with van der Waals surface area (Å²) in [6, 6.07) is -0.487. The normalized spacial score (nSPS) is 23.5. The van der Waals surface area contributed by atoms with Crippen LogP contribution in [0.1, 0.15) is 39.0 Å². The van der Waals surface area contributed by atoms with Crippen molar-refractivity contribution in [2.24, 2.45) is 0 Å². The molecule has 0 N–H and O–H groups in total. The van der Waals surface area contributed by atoms with Crippen LogP contribution in [0.15, 0.2) is 0 Å². The Balaban J connectivity index is 1.94. The van der Waals surface area contributed by atoms with E-state index >= 15 is 0 Å². The van der Waals surface area contributed by atoms with Crippen LogP contribution in [0, 0.1) is 0 Å². The summed E-state index contributed by atoms with van der Waals surface area (Å²) in [7, 11) is 0.794. The quantitative estimate of drug-likeness (QED) is 0.612. The average Bonchev–Trinajstić information content (AvgIpc) is 2.64. The molecule has 2 rings (SSSR count). The molecule has 2 fully saturated rings. The van der Waals surface area contributed by atoms with Crippen molar-refractivity contribution in [2.75, 3.05) is 65.7 Å². The maximum atomic E-state index is 13.0. The second-order valence-corrected chi connectivity index (χ2v) is 9.80. The van der Waals surface area contributed by atoms with Gasteiger partial charge in [-0.05, 0) is 33.4 Å². The zero-order valence-electron chi connectivity index (χ0n) is 16.7. The van der Waals surface area contributed by atoms with Crippen LogP contribution in [0.3, 0.4) is 0 Å². The van der Waals surface area contributed by atoms with E-state index in [1.807, 2.05) is 11.8 Å². The highest BCUT2D eigenvalue weighted by molar-refractivity contribution is 7.89. The van der Waals surface area contributed by atoms with E-state index in [1.54, 1.807) is 0 Å². The molecular weight excluding hydrogens is 352 g/mol. The number of rotatable bonds is 8. The number of amides is 1. The average molecular weight is 389 g/mol. The molecule has 0 spiro atoms. The van der Waals surface area contributed by atoms with Crippen LogP contribution in [0.2, 0.25) is 0 Å². The van der Waals surface area contributed by atoms with E-state index in [2.05, 4.69) is 23.9 Å². The van der Waals surface area contributed by atoms with Gasteiger partial charge in [-0.25, -0.2) is 8.42 Å². The predicted molar refractivity (Wildman–Crippen MR) is 105 cm³/mol. The van der Waals surface area contributed by atoms with Crippen molar-refractivity contribution in [2.45, 2.75) is 45.1 Å². The van der Waals surface area contributed by atoms with Crippen molar-refractivity contribution >= 4 is 15.9 Å². The molecular formula is C18H36N4O3S. The third-order valence-electron chi connectivity index (χ3n) is 5.40. The van der Waals surface area contributed by atoms with Gasteiger partial charge in [-0.1, -0.05) is 19.8 Å². The largest absolute Gasteiger partial charge is 0.339 e. The van der Waals surface area contributed by atoms with Gasteiger partial charge in [-0.15, -0.1) is 0 Å². The summed E-state index contributed by atoms with van der Waals surface area (Å²) in [5.74, 6) is 0.169. The number of nitrogens with zero attached hydrogens (tertiary/aromatic N) is 4. The predicted octanol–water partition coefficient (Wildman–Crippen LogP) is 0.677. The number of sulfonamides is 1. The van der Waals surface area contributed by atoms with Crippen LogP contribution in [0.5, 0.6) is 0 Å². The molecule has 8 heteroatoms. The summed E-state index contributed by atoms with van der Waals surface area (Å²) >= 11 is 0. The van der Waals surface area contributed by atoms with Crippen LogP contribution >= 0.6 is 0 Å². The lowest BCUT2D eigenvalue weighted by Gasteiger charge is -2.40. The van der Waals surface area contributed by atoms with E-state index in [-0.39, 0.29) is 11.7 Å². The van der Waals surface area contributed by atoms with Crippen molar-refractivity contribution in [3.05, 3.63) is 0 Å². The number of piperidine rings is 1. The fraction of sp³-hybridized carbons (Fsp3) is 0.944. The second-order valence-electron chi connectivity index (χ2n) is 7.76. The molecule has 2 saturated heterocycles. The second kappa shape index (κ2) is 10.0. The van der Waals surface area contributed by atoms with Crippen LogP contribution in [0.25, 0.3) is 0 Å². The van der Waals surface area contributed by atoms with Gasteiger partial charge < -0.3 is 9.80 Å². The maximum Gasteiger partial charge on any atom is 0.241 e. The molecule has 2 heterocycles. The molecule has 0 aromatic rings. The highest BCUT2D eigenvalue weighted by atomic mass is 32.2. The van der Waals surface area contributed by atoms with E-state index in [0.717, 1.165) is 45.4 Å². The molecule has 0 aromatic carbocycles. The Bertz CT molecular complexity index is 545. The highest BCUT2D eigenvalue weighted by Crippen LogP contribution is 2.23. The van der Waals surface area contributed by atoms with Gasteiger partial charge in [0.25, 0.3) is 0 Å². The van der Waals surface area contributed by atoms with Crippen LogP contribution in [-0.2, 0) is 14.8 Å². The van der Waals surface area contributed by atoms with E-state index in [9.17, 15) is 13.2 Å². The van der Waals surface area contributed by atoms with Gasteiger partial charge in [0.1, 0.15) is 6.04 Å². The zero-order chi connectivity index (χ0) is 19.2. The molecule has 0 aromatic heterocycles. The lowest BCUT2D eigenvalue weighted by atomic mass is 10.0. The lowest BCUT2D eigenvalue weighted by molar-refractivity contribution is -0.138.